The summed E-state index contributed by atoms with van der Waals surface area (Å²) in [5, 5.41) is 28.9. The van der Waals surface area contributed by atoms with Crippen LogP contribution in [0.15, 0.2) is 54.6 Å². The number of methoxy groups -OCH3 is 1. The van der Waals surface area contributed by atoms with Gasteiger partial charge < -0.3 is 14.9 Å². The van der Waals surface area contributed by atoms with E-state index in [-0.39, 0.29) is 23.5 Å². The molecule has 0 spiro atoms. The van der Waals surface area contributed by atoms with Crippen molar-refractivity contribution >= 4 is 11.9 Å². The minimum absolute atomic E-state index is 0.0869. The van der Waals surface area contributed by atoms with Crippen molar-refractivity contribution in [2.75, 3.05) is 7.11 Å². The number of hydrogen-bond donors (Lipinski definition) is 3. The van der Waals surface area contributed by atoms with Crippen LogP contribution in [0.3, 0.4) is 0 Å². The second kappa shape index (κ2) is 9.02. The molecule has 27 heavy (non-hydrogen) atoms. The maximum absolute atomic E-state index is 12.5. The van der Waals surface area contributed by atoms with Gasteiger partial charge in [-0.05, 0) is 48.4 Å². The average molecular weight is 370 g/mol. The molecule has 1 unspecified atom stereocenters. The van der Waals surface area contributed by atoms with E-state index in [4.69, 9.17) is 9.99 Å². The lowest BCUT2D eigenvalue weighted by molar-refractivity contribution is -0.268. The fraction of sp³-hybridized carbons (Fsp3) is 0.190. The fourth-order valence-electron chi connectivity index (χ4n) is 2.54. The molecule has 0 aliphatic carbocycles. The predicted molar refractivity (Wildman–Crippen MR) is 102 cm³/mol. The molecule has 6 heteroatoms. The maximum Gasteiger partial charge on any atom is 0.189 e. The number of phenolic OH excluding ortho intramolecular Hbond substituents is 2. The number of ether oxygens (including phenoxy) is 1. The lowest BCUT2D eigenvalue weighted by Gasteiger charge is -2.17. The molecule has 1 atom stereocenters. The average Bonchev–Trinajstić information content (AvgIpc) is 2.65. The van der Waals surface area contributed by atoms with Crippen molar-refractivity contribution in [2.45, 2.75) is 19.4 Å². The molecule has 0 aliphatic rings. The van der Waals surface area contributed by atoms with Crippen molar-refractivity contribution in [1.29, 1.82) is 0 Å². The van der Waals surface area contributed by atoms with Gasteiger partial charge in [0.15, 0.2) is 5.78 Å². The van der Waals surface area contributed by atoms with Crippen molar-refractivity contribution in [3.8, 4) is 17.2 Å². The summed E-state index contributed by atoms with van der Waals surface area (Å²) in [6.45, 7) is 5.41. The Labute approximate surface area is 157 Å². The zero-order chi connectivity index (χ0) is 20.0. The Balaban J connectivity index is 2.33. The first-order chi connectivity index (χ1) is 12.9. The molecule has 3 N–H and O–H groups in total. The highest BCUT2D eigenvalue weighted by Crippen LogP contribution is 2.34. The van der Waals surface area contributed by atoms with Crippen molar-refractivity contribution < 1.29 is 29.9 Å². The van der Waals surface area contributed by atoms with Gasteiger partial charge >= 0.3 is 0 Å². The molecule has 0 radical (unpaired) electrons. The summed E-state index contributed by atoms with van der Waals surface area (Å²) in [5.41, 5.74) is 1.72. The zero-order valence-corrected chi connectivity index (χ0v) is 15.2. The quantitative estimate of drug-likeness (QED) is 0.214. The third-order valence-corrected chi connectivity index (χ3v) is 4.11. The number of phenols is 2. The summed E-state index contributed by atoms with van der Waals surface area (Å²) in [7, 11) is 1.44. The molecule has 142 valence electrons. The van der Waals surface area contributed by atoms with Crippen LogP contribution in [0.5, 0.6) is 17.2 Å². The third-order valence-electron chi connectivity index (χ3n) is 4.11. The normalized spacial score (nSPS) is 12.1. The molecule has 0 saturated heterocycles. The minimum atomic E-state index is -0.748. The topological polar surface area (TPSA) is 96.2 Å². The number of carbonyl (C=O) groups is 1. The highest BCUT2D eigenvalue weighted by Gasteiger charge is 2.21. The summed E-state index contributed by atoms with van der Waals surface area (Å²) in [5.74, 6) is -0.136. The number of carbonyl (C=O) groups excluding carboxylic acids is 1. The number of aromatic hydroxyl groups is 2. The Hall–Kier alpha value is -3.09. The van der Waals surface area contributed by atoms with E-state index in [0.29, 0.717) is 16.9 Å². The molecule has 2 aromatic rings. The molecular weight excluding hydrogens is 348 g/mol. The van der Waals surface area contributed by atoms with E-state index in [1.165, 1.54) is 31.4 Å². The van der Waals surface area contributed by atoms with Gasteiger partial charge in [-0.1, -0.05) is 24.8 Å². The van der Waals surface area contributed by atoms with Crippen LogP contribution in [-0.2, 0) is 11.3 Å². The van der Waals surface area contributed by atoms with E-state index < -0.39 is 11.9 Å². The number of allylic oxidation sites excluding steroid dienone is 1. The smallest absolute Gasteiger partial charge is 0.189 e. The summed E-state index contributed by atoms with van der Waals surface area (Å²) in [6.07, 6.45) is 2.25. The van der Waals surface area contributed by atoms with E-state index in [1.54, 1.807) is 31.2 Å². The molecular formula is C21H22O6. The number of hydrogen-bond acceptors (Lipinski definition) is 6. The molecule has 0 aromatic heterocycles. The number of rotatable bonds is 8. The van der Waals surface area contributed by atoms with Crippen LogP contribution in [0, 0.1) is 0 Å². The lowest BCUT2D eigenvalue weighted by atomic mass is 9.97. The molecule has 2 aromatic carbocycles. The van der Waals surface area contributed by atoms with Crippen LogP contribution in [0.25, 0.3) is 6.08 Å². The highest BCUT2D eigenvalue weighted by atomic mass is 17.1. The van der Waals surface area contributed by atoms with Crippen molar-refractivity contribution in [2.24, 2.45) is 0 Å². The summed E-state index contributed by atoms with van der Waals surface area (Å²) in [6, 6.07) is 9.39. The van der Waals surface area contributed by atoms with E-state index in [9.17, 15) is 15.0 Å². The summed E-state index contributed by atoms with van der Waals surface area (Å²) >= 11 is 0. The van der Waals surface area contributed by atoms with Crippen LogP contribution in [-0.4, -0.2) is 34.5 Å². The van der Waals surface area contributed by atoms with Gasteiger partial charge in [0.1, 0.15) is 23.4 Å². The second-order valence-corrected chi connectivity index (χ2v) is 6.08. The van der Waals surface area contributed by atoms with Crippen LogP contribution in [0.2, 0.25) is 0 Å². The molecule has 6 nitrogen and oxygen atoms in total. The second-order valence-electron chi connectivity index (χ2n) is 6.08. The summed E-state index contributed by atoms with van der Waals surface area (Å²) < 4.78 is 5.25. The van der Waals surface area contributed by atoms with E-state index in [2.05, 4.69) is 11.5 Å². The van der Waals surface area contributed by atoms with Gasteiger partial charge in [-0.3, -0.25) is 10.1 Å². The van der Waals surface area contributed by atoms with Crippen LogP contribution in [0.1, 0.15) is 28.4 Å². The maximum atomic E-state index is 12.5. The van der Waals surface area contributed by atoms with Crippen molar-refractivity contribution in [1.82, 2.24) is 0 Å². The molecule has 0 aliphatic heterocycles. The largest absolute Gasteiger partial charge is 0.508 e. The Bertz CT molecular complexity index is 852. The first-order valence-corrected chi connectivity index (χ1v) is 8.23. The third kappa shape index (κ3) is 4.97. The molecule has 0 bridgehead atoms. The van der Waals surface area contributed by atoms with Crippen LogP contribution >= 0.6 is 0 Å². The van der Waals surface area contributed by atoms with E-state index >= 15 is 0 Å². The molecule has 0 heterocycles. The number of ketones is 1. The zero-order valence-electron chi connectivity index (χ0n) is 15.2. The lowest BCUT2D eigenvalue weighted by Crippen LogP contribution is -2.16. The van der Waals surface area contributed by atoms with Crippen molar-refractivity contribution in [3.63, 3.8) is 0 Å². The first-order valence-electron chi connectivity index (χ1n) is 8.23. The van der Waals surface area contributed by atoms with Gasteiger partial charge in [0.05, 0.1) is 12.7 Å². The van der Waals surface area contributed by atoms with Gasteiger partial charge in [-0.15, -0.1) is 0 Å². The Kier molecular flexibility index (Phi) is 6.76. The van der Waals surface area contributed by atoms with E-state index in [0.717, 1.165) is 5.56 Å². The van der Waals surface area contributed by atoms with Crippen LogP contribution < -0.4 is 4.74 Å². The SMILES string of the molecule is C=C(C)C(Cc1c(OC)ccc(C(=O)/C=C/c2ccc(O)cc2)c1O)OO. The molecule has 2 rings (SSSR count). The minimum Gasteiger partial charge on any atom is -0.508 e. The highest BCUT2D eigenvalue weighted by molar-refractivity contribution is 6.09. The Morgan fingerprint density at radius 3 is 2.41 bits per heavy atom. The monoisotopic (exact) mass is 370 g/mol. The molecule has 0 saturated carbocycles. The standard InChI is InChI=1S/C21H22O6/c1-13(2)20(27-25)12-17-19(26-3)11-9-16(21(17)24)18(23)10-6-14-4-7-15(22)8-5-14/h4-11,20,22,24-25H,1,12H2,2-3H3/b10-6+. The van der Waals surface area contributed by atoms with E-state index in [1.807, 2.05) is 0 Å². The predicted octanol–water partition coefficient (Wildman–Crippen LogP) is 3.98. The first kappa shape index (κ1) is 20.2. The van der Waals surface area contributed by atoms with Gasteiger partial charge in [0, 0.05) is 12.0 Å². The fourth-order valence-corrected chi connectivity index (χ4v) is 2.54. The Morgan fingerprint density at radius 2 is 1.85 bits per heavy atom. The van der Waals surface area contributed by atoms with Gasteiger partial charge in [0.25, 0.3) is 0 Å². The van der Waals surface area contributed by atoms with Crippen molar-refractivity contribution in [3.05, 3.63) is 71.3 Å². The van der Waals surface area contributed by atoms with Gasteiger partial charge in [-0.2, -0.15) is 0 Å². The number of benzene rings is 2. The molecule has 0 amide bonds. The summed E-state index contributed by atoms with van der Waals surface area (Å²) in [4.78, 5) is 16.9. The Morgan fingerprint density at radius 1 is 1.19 bits per heavy atom. The van der Waals surface area contributed by atoms with Gasteiger partial charge in [0.2, 0.25) is 0 Å². The van der Waals surface area contributed by atoms with Gasteiger partial charge in [-0.25, -0.2) is 4.89 Å². The van der Waals surface area contributed by atoms with Crippen LogP contribution in [0.4, 0.5) is 0 Å². The molecule has 0 fully saturated rings.